The van der Waals surface area contributed by atoms with Crippen molar-refractivity contribution in [2.24, 2.45) is 9.98 Å². The molecule has 18 nitrogen and oxygen atoms in total. The summed E-state index contributed by atoms with van der Waals surface area (Å²) in [6.45, 7) is 1.68. The van der Waals surface area contributed by atoms with Gasteiger partial charge in [-0.05, 0) is 96.8 Å². The molecule has 0 saturated heterocycles. The molecule has 0 fully saturated rings. The SMILES string of the molecule is Brc1ccc2c3c(cccc13)C(=NCCCCc1cccnc1)N2.Brc1ccc2c3c(cccc13)C(=NCCCCc1cccnc1)N2.O=C(O)/C=C/C(=O)O.O=C(O)/C=C/C(=O)O.O=C(O)/C=C/C(=O)O. The molecule has 372 valence electrons. The van der Waals surface area contributed by atoms with Crippen molar-refractivity contribution < 1.29 is 59.4 Å². The van der Waals surface area contributed by atoms with Gasteiger partial charge in [-0.3, -0.25) is 20.0 Å². The van der Waals surface area contributed by atoms with Crippen LogP contribution in [-0.4, -0.2) is 101 Å². The third kappa shape index (κ3) is 19.2. The predicted octanol–water partition coefficient (Wildman–Crippen LogP) is 9.52. The molecule has 0 bridgehead atoms. The standard InChI is InChI=1S/2C20H18BrN3.3C4H4O4/c2*21-17-9-10-18-19-15(17)7-3-8-16(19)20(24-18)23-12-2-1-5-14-6-4-11-22-13-14;3*5-3(6)1-2-4(7)8/h2*3-4,6-11,13H,1-2,5,12H2,(H,23,24);3*1-2H,(H,5,6)(H,7,8)/b;;3*2-1+. The number of unbranched alkanes of at least 4 members (excludes halogenated alkanes) is 2. The van der Waals surface area contributed by atoms with Gasteiger partial charge in [0, 0.05) is 117 Å². The number of hydrogen-bond acceptors (Lipinski definition) is 10. The normalized spacial score (nSPS) is 12.7. The lowest BCUT2D eigenvalue weighted by Gasteiger charge is -2.02. The number of carbonyl (C=O) groups is 6. The van der Waals surface area contributed by atoms with Gasteiger partial charge in [0.05, 0.1) is 0 Å². The number of amidine groups is 2. The number of pyridine rings is 2. The van der Waals surface area contributed by atoms with Crippen LogP contribution in [0, 0.1) is 0 Å². The number of aryl methyl sites for hydroxylation is 2. The fraction of sp³-hybridized carbons (Fsp3) is 0.154. The van der Waals surface area contributed by atoms with E-state index in [0.29, 0.717) is 36.5 Å². The van der Waals surface area contributed by atoms with Crippen molar-refractivity contribution in [2.75, 3.05) is 23.7 Å². The van der Waals surface area contributed by atoms with Gasteiger partial charge in [-0.15, -0.1) is 0 Å². The van der Waals surface area contributed by atoms with E-state index < -0.39 is 35.8 Å². The smallest absolute Gasteiger partial charge is 0.328 e. The minimum Gasteiger partial charge on any atom is -0.478 e. The lowest BCUT2D eigenvalue weighted by Crippen LogP contribution is -2.08. The number of carboxylic acids is 6. The summed E-state index contributed by atoms with van der Waals surface area (Å²) in [6, 6.07) is 29.4. The van der Waals surface area contributed by atoms with Gasteiger partial charge in [-0.25, -0.2) is 28.8 Å². The van der Waals surface area contributed by atoms with E-state index in [9.17, 15) is 28.8 Å². The van der Waals surface area contributed by atoms with Crippen LogP contribution >= 0.6 is 31.9 Å². The molecule has 6 aromatic rings. The van der Waals surface area contributed by atoms with E-state index in [-0.39, 0.29) is 0 Å². The molecule has 0 atom stereocenters. The number of hydrogen-bond donors (Lipinski definition) is 8. The highest BCUT2D eigenvalue weighted by molar-refractivity contribution is 9.11. The Morgan fingerprint density at radius 3 is 1.11 bits per heavy atom. The molecule has 0 unspecified atom stereocenters. The summed E-state index contributed by atoms with van der Waals surface area (Å²) in [7, 11) is 0. The van der Waals surface area contributed by atoms with Crippen LogP contribution in [0.5, 0.6) is 0 Å². The van der Waals surface area contributed by atoms with Crippen molar-refractivity contribution in [3.8, 4) is 0 Å². The maximum atomic E-state index is 9.55. The zero-order valence-electron chi connectivity index (χ0n) is 38.2. The molecule has 8 N–H and O–H groups in total. The quantitative estimate of drug-likeness (QED) is 0.0330. The zero-order valence-corrected chi connectivity index (χ0v) is 41.4. The number of benzene rings is 4. The Balaban J connectivity index is 0.000000218. The van der Waals surface area contributed by atoms with Crippen LogP contribution in [0.25, 0.3) is 21.5 Å². The van der Waals surface area contributed by atoms with Crippen LogP contribution in [-0.2, 0) is 41.6 Å². The van der Waals surface area contributed by atoms with Crippen molar-refractivity contribution in [3.05, 3.63) is 177 Å². The van der Waals surface area contributed by atoms with Gasteiger partial charge in [0.15, 0.2) is 0 Å². The lowest BCUT2D eigenvalue weighted by atomic mass is 10.1. The average Bonchev–Trinajstić information content (AvgIpc) is 3.91. The van der Waals surface area contributed by atoms with Crippen molar-refractivity contribution in [3.63, 3.8) is 0 Å². The summed E-state index contributed by atoms with van der Waals surface area (Å²) in [5.74, 6) is -5.55. The summed E-state index contributed by atoms with van der Waals surface area (Å²) in [6.07, 6.45) is 17.4. The number of nitrogens with one attached hydrogen (secondary N) is 2. The largest absolute Gasteiger partial charge is 0.478 e. The molecule has 2 aliphatic rings. The highest BCUT2D eigenvalue weighted by Crippen LogP contribution is 2.38. The van der Waals surface area contributed by atoms with Gasteiger partial charge >= 0.3 is 35.8 Å². The number of aromatic nitrogens is 2. The minimum atomic E-state index is -1.26. The van der Waals surface area contributed by atoms with Crippen molar-refractivity contribution in [1.29, 1.82) is 0 Å². The molecule has 72 heavy (non-hydrogen) atoms. The Labute approximate surface area is 429 Å². The molecule has 20 heteroatoms. The minimum absolute atomic E-state index is 0.558. The van der Waals surface area contributed by atoms with Crippen LogP contribution in [0.2, 0.25) is 0 Å². The monoisotopic (exact) mass is 1110 g/mol. The Morgan fingerprint density at radius 1 is 0.458 bits per heavy atom. The molecule has 0 radical (unpaired) electrons. The summed E-state index contributed by atoms with van der Waals surface area (Å²) >= 11 is 7.27. The molecular weight excluding hydrogens is 1060 g/mol. The van der Waals surface area contributed by atoms with E-state index in [0.717, 1.165) is 83.6 Å². The maximum absolute atomic E-state index is 9.55. The predicted molar refractivity (Wildman–Crippen MR) is 281 cm³/mol. The first-order valence-corrected chi connectivity index (χ1v) is 23.4. The fourth-order valence-electron chi connectivity index (χ4n) is 6.77. The van der Waals surface area contributed by atoms with Gasteiger partial charge in [0.1, 0.15) is 11.7 Å². The molecular formula is C52H48Br2N6O12. The first-order valence-electron chi connectivity index (χ1n) is 21.8. The van der Waals surface area contributed by atoms with E-state index in [1.54, 1.807) is 0 Å². The highest BCUT2D eigenvalue weighted by atomic mass is 79.9. The number of nitrogens with zero attached hydrogens (tertiary/aromatic N) is 4. The van der Waals surface area contributed by atoms with Gasteiger partial charge in [0.2, 0.25) is 0 Å². The summed E-state index contributed by atoms with van der Waals surface area (Å²) < 4.78 is 2.25. The van der Waals surface area contributed by atoms with Crippen LogP contribution in [0.4, 0.5) is 11.4 Å². The Bertz CT molecular complexity index is 2750. The molecule has 2 aliphatic heterocycles. The third-order valence-corrected chi connectivity index (χ3v) is 11.2. The number of aliphatic carboxylic acids is 6. The second kappa shape index (κ2) is 29.6. The highest BCUT2D eigenvalue weighted by Gasteiger charge is 2.21. The Morgan fingerprint density at radius 2 is 0.806 bits per heavy atom. The average molecular weight is 1110 g/mol. The van der Waals surface area contributed by atoms with Gasteiger partial charge in [0.25, 0.3) is 0 Å². The van der Waals surface area contributed by atoms with Crippen LogP contribution in [0.3, 0.4) is 0 Å². The number of rotatable bonds is 16. The van der Waals surface area contributed by atoms with E-state index >= 15 is 0 Å². The molecule has 0 saturated carbocycles. The van der Waals surface area contributed by atoms with E-state index in [1.807, 2.05) is 36.9 Å². The first-order chi connectivity index (χ1) is 34.5. The Hall–Kier alpha value is -8.36. The molecule has 4 aromatic carbocycles. The topological polar surface area (TPSA) is 298 Å². The van der Waals surface area contributed by atoms with Crippen molar-refractivity contribution in [2.45, 2.75) is 38.5 Å². The first kappa shape index (κ1) is 56.2. The zero-order chi connectivity index (χ0) is 52.4. The number of anilines is 2. The van der Waals surface area contributed by atoms with Gasteiger partial charge in [-0.2, -0.15) is 0 Å². The van der Waals surface area contributed by atoms with Crippen LogP contribution in [0.15, 0.2) is 165 Å². The third-order valence-electron chi connectivity index (χ3n) is 9.83. The molecule has 8 rings (SSSR count). The van der Waals surface area contributed by atoms with Crippen LogP contribution < -0.4 is 10.6 Å². The summed E-state index contributed by atoms with van der Waals surface area (Å²) in [5, 5.41) is 58.8. The molecule has 0 spiro atoms. The second-order valence-corrected chi connectivity index (χ2v) is 16.7. The molecule has 2 aromatic heterocycles. The van der Waals surface area contributed by atoms with Crippen molar-refractivity contribution >= 4 is 112 Å². The number of halogens is 2. The maximum Gasteiger partial charge on any atom is 0.328 e. The van der Waals surface area contributed by atoms with E-state index in [2.05, 4.69) is 125 Å². The van der Waals surface area contributed by atoms with E-state index in [4.69, 9.17) is 40.6 Å². The number of carboxylic acid groups (broad SMARTS) is 6. The molecule has 0 aliphatic carbocycles. The lowest BCUT2D eigenvalue weighted by molar-refractivity contribution is -0.134. The summed E-state index contributed by atoms with van der Waals surface area (Å²) in [4.78, 5) is 75.2. The number of aliphatic imine (C=N–C) groups is 2. The van der Waals surface area contributed by atoms with Crippen molar-refractivity contribution in [1.82, 2.24) is 9.97 Å². The summed E-state index contributed by atoms with van der Waals surface area (Å²) in [5.41, 5.74) is 7.31. The fourth-order valence-corrected chi connectivity index (χ4v) is 7.69. The Kier molecular flexibility index (Phi) is 23.1. The molecule has 4 heterocycles. The van der Waals surface area contributed by atoms with Gasteiger partial charge < -0.3 is 41.3 Å². The second-order valence-electron chi connectivity index (χ2n) is 15.0. The van der Waals surface area contributed by atoms with E-state index in [1.165, 1.54) is 43.8 Å². The van der Waals surface area contributed by atoms with Crippen LogP contribution in [0.1, 0.15) is 47.9 Å². The van der Waals surface area contributed by atoms with Gasteiger partial charge in [-0.1, -0.05) is 80.4 Å². The molecule has 0 amide bonds.